The maximum absolute atomic E-state index is 13.1. The molecular formula is C40H67N5O12S. The summed E-state index contributed by atoms with van der Waals surface area (Å²) in [6.45, 7) is 10.6. The van der Waals surface area contributed by atoms with Crippen molar-refractivity contribution < 1.29 is 58.2 Å². The summed E-state index contributed by atoms with van der Waals surface area (Å²) in [5.74, 6) is -0.845. The van der Waals surface area contributed by atoms with Crippen molar-refractivity contribution >= 4 is 41.5 Å². The van der Waals surface area contributed by atoms with E-state index in [1.807, 2.05) is 25.6 Å². The van der Waals surface area contributed by atoms with Gasteiger partial charge >= 0.3 is 12.0 Å². The minimum absolute atomic E-state index is 0.00510. The summed E-state index contributed by atoms with van der Waals surface area (Å²) in [6.07, 6.45) is 4.07. The summed E-state index contributed by atoms with van der Waals surface area (Å²) in [5.41, 5.74) is -0.170. The van der Waals surface area contributed by atoms with Crippen molar-refractivity contribution in [2.45, 2.75) is 126 Å². The van der Waals surface area contributed by atoms with Gasteiger partial charge in [0.25, 0.3) is 0 Å². The van der Waals surface area contributed by atoms with Gasteiger partial charge in [-0.1, -0.05) is 32.9 Å². The predicted molar refractivity (Wildman–Crippen MR) is 218 cm³/mol. The third-order valence-corrected chi connectivity index (χ3v) is 11.7. The predicted octanol–water partition coefficient (Wildman–Crippen LogP) is 1.90. The van der Waals surface area contributed by atoms with Gasteiger partial charge in [0.2, 0.25) is 17.7 Å². The van der Waals surface area contributed by atoms with Crippen molar-refractivity contribution in [3.05, 3.63) is 24.0 Å². The number of unbranched alkanes of at least 4 members (excludes halogenated alkanes) is 1. The number of urea groups is 1. The quantitative estimate of drug-likeness (QED) is 0.0177. The number of allylic oxidation sites excluding steroid dienone is 1. The molecule has 18 heteroatoms. The second-order valence-electron chi connectivity index (χ2n) is 15.7. The van der Waals surface area contributed by atoms with Gasteiger partial charge in [0.15, 0.2) is 0 Å². The molecule has 1 saturated carbocycles. The second kappa shape index (κ2) is 26.6. The molecule has 2 aliphatic heterocycles. The van der Waals surface area contributed by atoms with Crippen LogP contribution in [0.25, 0.3) is 0 Å². The van der Waals surface area contributed by atoms with Gasteiger partial charge in [0, 0.05) is 62.1 Å². The normalized spacial score (nSPS) is 22.6. The highest BCUT2D eigenvalue weighted by Crippen LogP contribution is 2.39. The Bertz CT molecular complexity index is 1350. The van der Waals surface area contributed by atoms with E-state index in [-0.39, 0.29) is 79.6 Å². The van der Waals surface area contributed by atoms with Gasteiger partial charge in [0.05, 0.1) is 62.9 Å². The lowest BCUT2D eigenvalue weighted by Crippen LogP contribution is -2.47. The molecule has 6 atom stereocenters. The Hall–Kier alpha value is -3.42. The Kier molecular flexibility index (Phi) is 22.5. The number of hydrogen-bond donors (Lipinski definition) is 8. The van der Waals surface area contributed by atoms with Crippen molar-refractivity contribution in [1.82, 2.24) is 26.6 Å². The van der Waals surface area contributed by atoms with E-state index in [9.17, 15) is 39.3 Å². The molecule has 1 aliphatic carbocycles. The third-order valence-electron chi connectivity index (χ3n) is 10.2. The smallest absolute Gasteiger partial charge is 0.315 e. The molecule has 330 valence electrons. The number of carbonyl (C=O) groups excluding carboxylic acids is 5. The van der Waals surface area contributed by atoms with E-state index >= 15 is 0 Å². The maximum Gasteiger partial charge on any atom is 0.315 e. The highest BCUT2D eigenvalue weighted by Gasteiger charge is 2.42. The van der Waals surface area contributed by atoms with Crippen LogP contribution in [0.2, 0.25) is 0 Å². The Labute approximate surface area is 346 Å². The Morgan fingerprint density at radius 1 is 0.862 bits per heavy atom. The van der Waals surface area contributed by atoms with Gasteiger partial charge in [0.1, 0.15) is 12.6 Å². The zero-order valence-corrected chi connectivity index (χ0v) is 35.0. The van der Waals surface area contributed by atoms with Crippen molar-refractivity contribution in [3.63, 3.8) is 0 Å². The molecule has 0 aromatic carbocycles. The summed E-state index contributed by atoms with van der Waals surface area (Å²) in [5, 5.41) is 46.7. The van der Waals surface area contributed by atoms with E-state index in [4.69, 9.17) is 18.9 Å². The summed E-state index contributed by atoms with van der Waals surface area (Å²) in [6, 6.07) is -0.702. The first kappa shape index (κ1) is 48.9. The van der Waals surface area contributed by atoms with Crippen LogP contribution in [0.1, 0.15) is 90.9 Å². The van der Waals surface area contributed by atoms with Gasteiger partial charge in [-0.15, -0.1) is 0 Å². The molecule has 2 unspecified atom stereocenters. The number of carbonyl (C=O) groups is 5. The molecule has 3 fully saturated rings. The zero-order valence-electron chi connectivity index (χ0n) is 34.2. The van der Waals surface area contributed by atoms with E-state index < -0.39 is 36.0 Å². The highest BCUT2D eigenvalue weighted by molar-refractivity contribution is 8.00. The van der Waals surface area contributed by atoms with Crippen molar-refractivity contribution in [3.8, 4) is 0 Å². The Balaban J connectivity index is 1.20. The van der Waals surface area contributed by atoms with E-state index in [1.165, 1.54) is 6.08 Å². The minimum atomic E-state index is -1.04. The lowest BCUT2D eigenvalue weighted by Gasteiger charge is -2.38. The molecule has 8 N–H and O–H groups in total. The van der Waals surface area contributed by atoms with Crippen LogP contribution in [-0.2, 0) is 38.1 Å². The maximum atomic E-state index is 13.1. The zero-order chi connectivity index (χ0) is 42.3. The van der Waals surface area contributed by atoms with E-state index in [0.717, 1.165) is 25.0 Å². The lowest BCUT2D eigenvalue weighted by atomic mass is 9.72. The molecule has 3 aliphatic rings. The van der Waals surface area contributed by atoms with Crippen LogP contribution in [0.15, 0.2) is 24.0 Å². The molecule has 2 heterocycles. The highest BCUT2D eigenvalue weighted by atomic mass is 32.2. The molecule has 0 radical (unpaired) electrons. The molecule has 17 nitrogen and oxygen atoms in total. The fourth-order valence-corrected chi connectivity index (χ4v) is 8.72. The number of thioether (sulfide) groups is 1. The molecule has 0 spiro atoms. The third kappa shape index (κ3) is 18.7. The van der Waals surface area contributed by atoms with Crippen LogP contribution in [-0.4, -0.2) is 146 Å². The molecule has 0 bridgehead atoms. The average molecular weight is 842 g/mol. The first-order valence-corrected chi connectivity index (χ1v) is 21.6. The van der Waals surface area contributed by atoms with Crippen LogP contribution in [0, 0.1) is 5.41 Å². The van der Waals surface area contributed by atoms with E-state index in [1.54, 1.807) is 0 Å². The van der Waals surface area contributed by atoms with Gasteiger partial charge in [-0.3, -0.25) is 19.2 Å². The first-order valence-electron chi connectivity index (χ1n) is 20.6. The molecule has 2 saturated heterocycles. The summed E-state index contributed by atoms with van der Waals surface area (Å²) >= 11 is 1.88. The van der Waals surface area contributed by atoms with E-state index in [2.05, 4.69) is 33.2 Å². The monoisotopic (exact) mass is 841 g/mol. The minimum Gasteiger partial charge on any atom is -0.512 e. The van der Waals surface area contributed by atoms with Crippen LogP contribution in [0.3, 0.4) is 0 Å². The summed E-state index contributed by atoms with van der Waals surface area (Å²) < 4.78 is 21.6. The van der Waals surface area contributed by atoms with Crippen LogP contribution in [0.4, 0.5) is 4.79 Å². The van der Waals surface area contributed by atoms with Gasteiger partial charge in [-0.05, 0) is 50.4 Å². The molecule has 3 rings (SSSR count). The van der Waals surface area contributed by atoms with Gasteiger partial charge in [-0.2, -0.15) is 11.8 Å². The van der Waals surface area contributed by atoms with Crippen LogP contribution < -0.4 is 26.6 Å². The van der Waals surface area contributed by atoms with E-state index in [0.29, 0.717) is 83.5 Å². The average Bonchev–Trinajstić information content (AvgIpc) is 3.72. The number of ether oxygens (including phenoxy) is 4. The van der Waals surface area contributed by atoms with Crippen molar-refractivity contribution in [2.24, 2.45) is 5.41 Å². The Morgan fingerprint density at radius 3 is 2.16 bits per heavy atom. The number of rotatable bonds is 29. The lowest BCUT2D eigenvalue weighted by molar-refractivity contribution is -0.143. The molecule has 58 heavy (non-hydrogen) atoms. The second-order valence-corrected chi connectivity index (χ2v) is 17.0. The van der Waals surface area contributed by atoms with Crippen LogP contribution >= 0.6 is 11.8 Å². The molecule has 5 amide bonds. The summed E-state index contributed by atoms with van der Waals surface area (Å²) in [4.78, 5) is 61.2. The fraction of sp³-hybridized carbons (Fsp3) is 0.775. The van der Waals surface area contributed by atoms with Crippen LogP contribution in [0.5, 0.6) is 0 Å². The molecule has 0 aromatic heterocycles. The van der Waals surface area contributed by atoms with Crippen molar-refractivity contribution in [1.29, 1.82) is 0 Å². The molecular weight excluding hydrogens is 775 g/mol. The fourth-order valence-electron chi connectivity index (χ4n) is 7.17. The topological polar surface area (TPSA) is 243 Å². The number of amides is 5. The number of nitrogens with one attached hydrogen (secondary N) is 5. The Morgan fingerprint density at radius 2 is 1.50 bits per heavy atom. The van der Waals surface area contributed by atoms with Gasteiger partial charge in [-0.25, -0.2) is 4.79 Å². The summed E-state index contributed by atoms with van der Waals surface area (Å²) in [7, 11) is 0. The number of hydrogen-bond acceptors (Lipinski definition) is 13. The number of aliphatic hydroxyl groups excluding tert-OH is 3. The standard InChI is InChI=1S/C40H67N5O12S/c1-4-17-57-35(51)14-13-34(50)43-27(11-12-29(46)36-30(47)24-40(2,3)25-31(36)48)38(52)42-16-8-19-55-21-23-56-22-20-54-18-7-15-41-33(49)10-6-5-9-32-37-28(26-58-32)44-39(53)45-37/h4,27-28,30-32,37,46-48H,1,5-26H2,2-3H3,(H,41,49)(H,42,52)(H,43,50)(H2,44,45,53)/t27-,28-,30?,31?,32-,37-/m0/s1. The van der Waals surface area contributed by atoms with Gasteiger partial charge < -0.3 is 60.9 Å². The number of esters is 1. The molecule has 0 aromatic rings. The SMILES string of the molecule is C=CCOC(=O)CCC(=O)N[C@@H](CCC(O)=C1C(O)CC(C)(C)CC1O)C(=O)NCCCOCCOCCOCCCNC(=O)CCCC[C@@H]1SC[C@@H]2NC(=O)N[C@@H]21. The number of fused-ring (bicyclic) bond motifs is 1. The largest absolute Gasteiger partial charge is 0.512 e. The first-order chi connectivity index (χ1) is 27.8. The number of aliphatic hydroxyl groups is 3. The van der Waals surface area contributed by atoms with Crippen molar-refractivity contribution in [2.75, 3.05) is 65.1 Å².